The molecule has 1 unspecified atom stereocenters. The van der Waals surface area contributed by atoms with Crippen LogP contribution < -0.4 is 11.1 Å². The van der Waals surface area contributed by atoms with Crippen LogP contribution in [0.3, 0.4) is 0 Å². The molecule has 3 saturated heterocycles. The van der Waals surface area contributed by atoms with Crippen LogP contribution in [0.2, 0.25) is 0 Å². The number of hydrogen-bond donors (Lipinski definition) is 2. The number of nitrogens with zero attached hydrogens (tertiary/aromatic N) is 1. The van der Waals surface area contributed by atoms with Crippen molar-refractivity contribution in [2.45, 2.75) is 25.7 Å². The number of nitrogen functional groups attached to an aromatic ring is 1. The first kappa shape index (κ1) is 13.4. The number of rotatable bonds is 4. The highest BCUT2D eigenvalue weighted by molar-refractivity contribution is 5.91. The summed E-state index contributed by atoms with van der Waals surface area (Å²) in [5.41, 5.74) is 7.19. The van der Waals surface area contributed by atoms with E-state index in [1.807, 2.05) is 18.2 Å². The molecule has 3 N–H and O–H groups in total. The Morgan fingerprint density at radius 1 is 1.35 bits per heavy atom. The third kappa shape index (κ3) is 3.12. The van der Waals surface area contributed by atoms with E-state index >= 15 is 0 Å². The molecule has 4 heteroatoms. The number of hydrogen-bond acceptors (Lipinski definition) is 3. The Labute approximate surface area is 120 Å². The van der Waals surface area contributed by atoms with Crippen molar-refractivity contribution >= 4 is 17.3 Å². The standard InChI is InChI=1S/C16H23N3O/c17-14-2-1-3-15(10-14)18-16(20)5-4-13-11-19-8-6-12(13)7-9-19/h1-3,10,12-13H,4-9,11,17H2,(H,18,20). The first-order valence-electron chi connectivity index (χ1n) is 7.58. The number of piperidine rings is 3. The van der Waals surface area contributed by atoms with E-state index in [2.05, 4.69) is 10.2 Å². The zero-order valence-corrected chi connectivity index (χ0v) is 11.8. The number of nitrogens with two attached hydrogens (primary N) is 1. The Hall–Kier alpha value is -1.55. The van der Waals surface area contributed by atoms with E-state index in [1.54, 1.807) is 6.07 Å². The van der Waals surface area contributed by atoms with Gasteiger partial charge in [-0.05, 0) is 62.4 Å². The summed E-state index contributed by atoms with van der Waals surface area (Å²) in [6.07, 6.45) is 4.27. The van der Waals surface area contributed by atoms with Crippen molar-refractivity contribution in [3.05, 3.63) is 24.3 Å². The highest BCUT2D eigenvalue weighted by atomic mass is 16.1. The van der Waals surface area contributed by atoms with Crippen LogP contribution >= 0.6 is 0 Å². The molecule has 0 spiro atoms. The van der Waals surface area contributed by atoms with Crippen LogP contribution in [-0.4, -0.2) is 30.4 Å². The van der Waals surface area contributed by atoms with E-state index in [-0.39, 0.29) is 5.91 Å². The lowest BCUT2D eigenvalue weighted by Crippen LogP contribution is -2.47. The van der Waals surface area contributed by atoms with Gasteiger partial charge in [0.2, 0.25) is 5.91 Å². The second kappa shape index (κ2) is 5.83. The Morgan fingerprint density at radius 2 is 2.15 bits per heavy atom. The van der Waals surface area contributed by atoms with Gasteiger partial charge >= 0.3 is 0 Å². The van der Waals surface area contributed by atoms with Crippen molar-refractivity contribution in [3.8, 4) is 0 Å². The van der Waals surface area contributed by atoms with Gasteiger partial charge in [-0.15, -0.1) is 0 Å². The fourth-order valence-electron chi connectivity index (χ4n) is 3.57. The van der Waals surface area contributed by atoms with E-state index in [9.17, 15) is 4.79 Å². The first-order chi connectivity index (χ1) is 9.70. The molecule has 108 valence electrons. The van der Waals surface area contributed by atoms with Gasteiger partial charge in [0.05, 0.1) is 0 Å². The van der Waals surface area contributed by atoms with Crippen molar-refractivity contribution in [1.29, 1.82) is 0 Å². The Bertz CT molecular complexity index is 480. The van der Waals surface area contributed by atoms with Crippen LogP contribution in [0.25, 0.3) is 0 Å². The van der Waals surface area contributed by atoms with Gasteiger partial charge in [0, 0.05) is 24.3 Å². The van der Waals surface area contributed by atoms with Crippen molar-refractivity contribution in [1.82, 2.24) is 4.90 Å². The van der Waals surface area contributed by atoms with Crippen molar-refractivity contribution in [2.75, 3.05) is 30.7 Å². The minimum absolute atomic E-state index is 0.104. The minimum atomic E-state index is 0.104. The topological polar surface area (TPSA) is 58.4 Å². The van der Waals surface area contributed by atoms with Gasteiger partial charge in [-0.2, -0.15) is 0 Å². The molecule has 1 aromatic rings. The maximum absolute atomic E-state index is 12.0. The zero-order chi connectivity index (χ0) is 13.9. The first-order valence-corrected chi connectivity index (χ1v) is 7.58. The molecule has 3 aliphatic heterocycles. The van der Waals surface area contributed by atoms with Gasteiger partial charge in [0.1, 0.15) is 0 Å². The number of carbonyl (C=O) groups excluding carboxylic acids is 1. The number of carbonyl (C=O) groups is 1. The predicted molar refractivity (Wildman–Crippen MR) is 81.4 cm³/mol. The van der Waals surface area contributed by atoms with E-state index in [0.717, 1.165) is 18.0 Å². The summed E-state index contributed by atoms with van der Waals surface area (Å²) in [6, 6.07) is 7.36. The highest BCUT2D eigenvalue weighted by Crippen LogP contribution is 2.34. The monoisotopic (exact) mass is 273 g/mol. The summed E-state index contributed by atoms with van der Waals surface area (Å²) >= 11 is 0. The molecular formula is C16H23N3O. The molecule has 3 fully saturated rings. The molecule has 0 saturated carbocycles. The Morgan fingerprint density at radius 3 is 2.80 bits per heavy atom. The summed E-state index contributed by atoms with van der Waals surface area (Å²) in [5.74, 6) is 1.66. The molecule has 20 heavy (non-hydrogen) atoms. The van der Waals surface area contributed by atoms with Crippen LogP contribution in [0.15, 0.2) is 24.3 Å². The second-order valence-electron chi connectivity index (χ2n) is 6.11. The fourth-order valence-corrected chi connectivity index (χ4v) is 3.57. The average molecular weight is 273 g/mol. The number of benzene rings is 1. The van der Waals surface area contributed by atoms with Gasteiger partial charge in [0.15, 0.2) is 0 Å². The smallest absolute Gasteiger partial charge is 0.224 e. The SMILES string of the molecule is Nc1cccc(NC(=O)CCC2CN3CCC2CC3)c1. The molecule has 1 amide bonds. The van der Waals surface area contributed by atoms with Crippen LogP contribution in [0.5, 0.6) is 0 Å². The highest BCUT2D eigenvalue weighted by Gasteiger charge is 2.33. The molecular weight excluding hydrogens is 250 g/mol. The van der Waals surface area contributed by atoms with Crippen LogP contribution in [0.4, 0.5) is 11.4 Å². The average Bonchev–Trinajstić information content (AvgIpc) is 2.46. The lowest BCUT2D eigenvalue weighted by atomic mass is 9.77. The third-order valence-corrected chi connectivity index (χ3v) is 4.70. The van der Waals surface area contributed by atoms with Gasteiger partial charge in [-0.1, -0.05) is 6.07 Å². The van der Waals surface area contributed by atoms with Gasteiger partial charge in [-0.3, -0.25) is 4.79 Å². The maximum atomic E-state index is 12.0. The molecule has 3 heterocycles. The maximum Gasteiger partial charge on any atom is 0.224 e. The lowest BCUT2D eigenvalue weighted by Gasteiger charge is -2.44. The van der Waals surface area contributed by atoms with E-state index in [0.29, 0.717) is 18.0 Å². The number of fused-ring (bicyclic) bond motifs is 3. The molecule has 2 bridgehead atoms. The molecule has 1 atom stereocenters. The molecule has 4 rings (SSSR count). The normalized spacial score (nSPS) is 28.3. The summed E-state index contributed by atoms with van der Waals surface area (Å²) in [4.78, 5) is 14.5. The molecule has 0 radical (unpaired) electrons. The summed E-state index contributed by atoms with van der Waals surface area (Å²) in [5, 5.41) is 2.93. The van der Waals surface area contributed by atoms with E-state index < -0.39 is 0 Å². The number of amides is 1. The number of anilines is 2. The van der Waals surface area contributed by atoms with Crippen LogP contribution in [0.1, 0.15) is 25.7 Å². The van der Waals surface area contributed by atoms with E-state index in [1.165, 1.54) is 32.5 Å². The van der Waals surface area contributed by atoms with Crippen molar-refractivity contribution < 1.29 is 4.79 Å². The van der Waals surface area contributed by atoms with Gasteiger partial charge in [-0.25, -0.2) is 0 Å². The largest absolute Gasteiger partial charge is 0.399 e. The van der Waals surface area contributed by atoms with Crippen LogP contribution in [0, 0.1) is 11.8 Å². The molecule has 1 aromatic carbocycles. The molecule has 4 nitrogen and oxygen atoms in total. The summed E-state index contributed by atoms with van der Waals surface area (Å²) in [7, 11) is 0. The number of nitrogens with one attached hydrogen (secondary N) is 1. The van der Waals surface area contributed by atoms with Crippen molar-refractivity contribution in [3.63, 3.8) is 0 Å². The fraction of sp³-hybridized carbons (Fsp3) is 0.562. The Balaban J connectivity index is 1.47. The summed E-state index contributed by atoms with van der Waals surface area (Å²) < 4.78 is 0. The Kier molecular flexibility index (Phi) is 3.92. The van der Waals surface area contributed by atoms with Gasteiger partial charge in [0.25, 0.3) is 0 Å². The van der Waals surface area contributed by atoms with E-state index in [4.69, 9.17) is 5.73 Å². The third-order valence-electron chi connectivity index (χ3n) is 4.70. The molecule has 0 aliphatic carbocycles. The summed E-state index contributed by atoms with van der Waals surface area (Å²) in [6.45, 7) is 3.71. The predicted octanol–water partition coefficient (Wildman–Crippen LogP) is 2.33. The molecule has 0 aromatic heterocycles. The van der Waals surface area contributed by atoms with Crippen molar-refractivity contribution in [2.24, 2.45) is 11.8 Å². The zero-order valence-electron chi connectivity index (χ0n) is 11.8. The van der Waals surface area contributed by atoms with Crippen LogP contribution in [-0.2, 0) is 4.79 Å². The second-order valence-corrected chi connectivity index (χ2v) is 6.11. The lowest BCUT2D eigenvalue weighted by molar-refractivity contribution is -0.116. The minimum Gasteiger partial charge on any atom is -0.399 e. The molecule has 3 aliphatic rings. The quantitative estimate of drug-likeness (QED) is 0.828. The van der Waals surface area contributed by atoms with Gasteiger partial charge < -0.3 is 16.0 Å².